The van der Waals surface area contributed by atoms with Gasteiger partial charge in [0, 0.05) is 11.4 Å². The number of hydrogen-bond donors (Lipinski definition) is 1. The fraction of sp³-hybridized carbons (Fsp3) is 0.333. The van der Waals surface area contributed by atoms with E-state index in [0.29, 0.717) is 11.6 Å². The van der Waals surface area contributed by atoms with Gasteiger partial charge in [-0.2, -0.15) is 0 Å². The summed E-state index contributed by atoms with van der Waals surface area (Å²) in [6, 6.07) is 7.83. The van der Waals surface area contributed by atoms with E-state index in [2.05, 4.69) is 47.4 Å². The molecule has 3 aromatic heterocycles. The lowest BCUT2D eigenvalue weighted by atomic mass is 10.2. The van der Waals surface area contributed by atoms with Crippen LogP contribution in [0.25, 0.3) is 21.6 Å². The predicted octanol–water partition coefficient (Wildman–Crippen LogP) is 5.03. The molecule has 0 saturated heterocycles. The van der Waals surface area contributed by atoms with Gasteiger partial charge in [-0.3, -0.25) is 0 Å². The Morgan fingerprint density at radius 1 is 1.20 bits per heavy atom. The van der Waals surface area contributed by atoms with Gasteiger partial charge >= 0.3 is 0 Å². The fourth-order valence-electron chi connectivity index (χ4n) is 3.38. The molecule has 0 fully saturated rings. The molecule has 0 radical (unpaired) electrons. The number of nitrogen functional groups attached to an aromatic ring is 1. The maximum Gasteiger partial charge on any atom is 0.192 e. The number of hydrogen-bond acceptors (Lipinski definition) is 8. The van der Waals surface area contributed by atoms with E-state index in [1.54, 1.807) is 30.2 Å². The lowest BCUT2D eigenvalue weighted by Crippen LogP contribution is -2.05. The average molecular weight is 441 g/mol. The normalized spacial score (nSPS) is 12.4. The summed E-state index contributed by atoms with van der Waals surface area (Å²) in [6.07, 6.45) is 0. The van der Waals surface area contributed by atoms with Gasteiger partial charge in [0.25, 0.3) is 0 Å². The topological polar surface area (TPSA) is 91.7 Å². The molecule has 7 nitrogen and oxygen atoms in total. The molecule has 0 aliphatic carbocycles. The molecule has 4 rings (SSSR count). The van der Waals surface area contributed by atoms with Crippen LogP contribution >= 0.6 is 23.1 Å². The van der Waals surface area contributed by atoms with E-state index in [1.165, 1.54) is 4.88 Å². The van der Waals surface area contributed by atoms with Crippen molar-refractivity contribution in [3.63, 3.8) is 0 Å². The van der Waals surface area contributed by atoms with Crippen molar-refractivity contribution in [1.82, 2.24) is 24.7 Å². The third kappa shape index (κ3) is 3.52. The van der Waals surface area contributed by atoms with E-state index >= 15 is 0 Å². The molecule has 9 heteroatoms. The Balaban J connectivity index is 1.68. The number of thiophene rings is 1. The molecular weight excluding hydrogens is 416 g/mol. The van der Waals surface area contributed by atoms with E-state index < -0.39 is 0 Å². The number of benzene rings is 1. The second kappa shape index (κ2) is 8.23. The van der Waals surface area contributed by atoms with Gasteiger partial charge in [-0.25, -0.2) is 9.97 Å². The second-order valence-corrected chi connectivity index (χ2v) is 9.45. The number of nitrogens with two attached hydrogens (primary N) is 1. The summed E-state index contributed by atoms with van der Waals surface area (Å²) in [6.45, 7) is 9.03. The van der Waals surface area contributed by atoms with Crippen LogP contribution in [0.2, 0.25) is 0 Å². The lowest BCUT2D eigenvalue weighted by molar-refractivity contribution is 0.416. The summed E-state index contributed by atoms with van der Waals surface area (Å²) < 4.78 is 7.59. The first-order valence-corrected chi connectivity index (χ1v) is 11.4. The minimum atomic E-state index is -0.0283. The number of fused-ring (bicyclic) bond motifs is 1. The number of methoxy groups -OCH3 is 1. The number of aryl methyl sites for hydroxylation is 2. The van der Waals surface area contributed by atoms with Crippen LogP contribution in [0.3, 0.4) is 0 Å². The molecule has 3 heterocycles. The fourth-order valence-corrected chi connectivity index (χ4v) is 5.38. The van der Waals surface area contributed by atoms with E-state index in [-0.39, 0.29) is 5.25 Å². The Morgan fingerprint density at radius 2 is 1.97 bits per heavy atom. The molecule has 2 N–H and O–H groups in total. The standard InChI is InChI=1S/C21H24N6OS2/c1-6-27-19(14-9-7-8-10-15(14)28-5)25-26-21(27)30-13(4)18-23-17(22)16-11(2)12(3)29-20(16)24-18/h7-10,13H,6H2,1-5H3,(H2,22,23,24). The lowest BCUT2D eigenvalue weighted by Gasteiger charge is -2.13. The molecule has 0 bridgehead atoms. The molecule has 1 atom stereocenters. The highest BCUT2D eigenvalue weighted by Crippen LogP contribution is 2.38. The van der Waals surface area contributed by atoms with Gasteiger partial charge in [0.05, 0.1) is 23.3 Å². The highest BCUT2D eigenvalue weighted by Gasteiger charge is 2.22. The molecule has 0 amide bonds. The maximum atomic E-state index is 6.27. The van der Waals surface area contributed by atoms with Crippen LogP contribution in [0.5, 0.6) is 5.75 Å². The van der Waals surface area contributed by atoms with E-state index in [9.17, 15) is 0 Å². The van der Waals surface area contributed by atoms with Crippen molar-refractivity contribution in [3.05, 3.63) is 40.5 Å². The van der Waals surface area contributed by atoms with Crippen LogP contribution in [0.15, 0.2) is 29.4 Å². The summed E-state index contributed by atoms with van der Waals surface area (Å²) in [7, 11) is 1.66. The minimum Gasteiger partial charge on any atom is -0.496 e. The molecule has 156 valence electrons. The van der Waals surface area contributed by atoms with Gasteiger partial charge in [-0.1, -0.05) is 23.9 Å². The summed E-state index contributed by atoms with van der Waals surface area (Å²) in [4.78, 5) is 11.5. The zero-order chi connectivity index (χ0) is 21.4. The van der Waals surface area contributed by atoms with Gasteiger partial charge in [0.2, 0.25) is 0 Å². The van der Waals surface area contributed by atoms with Crippen LogP contribution < -0.4 is 10.5 Å². The van der Waals surface area contributed by atoms with E-state index in [1.807, 2.05) is 24.3 Å². The molecule has 0 aliphatic rings. The van der Waals surface area contributed by atoms with Crippen molar-refractivity contribution in [2.45, 2.75) is 44.6 Å². The van der Waals surface area contributed by atoms with Crippen LogP contribution in [0.4, 0.5) is 5.82 Å². The summed E-state index contributed by atoms with van der Waals surface area (Å²) in [5, 5.41) is 10.6. The van der Waals surface area contributed by atoms with Crippen molar-refractivity contribution in [2.24, 2.45) is 0 Å². The zero-order valence-electron chi connectivity index (χ0n) is 17.6. The van der Waals surface area contributed by atoms with Crippen LogP contribution in [-0.4, -0.2) is 31.8 Å². The van der Waals surface area contributed by atoms with Crippen molar-refractivity contribution in [1.29, 1.82) is 0 Å². The third-order valence-electron chi connectivity index (χ3n) is 5.10. The Labute approximate surface area is 183 Å². The van der Waals surface area contributed by atoms with Crippen LogP contribution in [-0.2, 0) is 6.54 Å². The monoisotopic (exact) mass is 440 g/mol. The first kappa shape index (κ1) is 20.6. The Morgan fingerprint density at radius 3 is 2.70 bits per heavy atom. The van der Waals surface area contributed by atoms with Crippen molar-refractivity contribution < 1.29 is 4.74 Å². The maximum absolute atomic E-state index is 6.27. The number of nitrogens with zero attached hydrogens (tertiary/aromatic N) is 5. The number of aromatic nitrogens is 5. The molecular formula is C21H24N6OS2. The highest BCUT2D eigenvalue weighted by molar-refractivity contribution is 7.99. The van der Waals surface area contributed by atoms with E-state index in [0.717, 1.165) is 44.6 Å². The van der Waals surface area contributed by atoms with Gasteiger partial charge in [-0.05, 0) is 45.4 Å². The van der Waals surface area contributed by atoms with Crippen molar-refractivity contribution >= 4 is 39.1 Å². The van der Waals surface area contributed by atoms with E-state index in [4.69, 9.17) is 15.5 Å². The smallest absolute Gasteiger partial charge is 0.192 e. The second-order valence-electron chi connectivity index (χ2n) is 6.94. The molecule has 0 saturated carbocycles. The molecule has 0 aliphatic heterocycles. The van der Waals surface area contributed by atoms with Crippen molar-refractivity contribution in [2.75, 3.05) is 12.8 Å². The average Bonchev–Trinajstić information content (AvgIpc) is 3.27. The van der Waals surface area contributed by atoms with Crippen LogP contribution in [0.1, 0.15) is 35.4 Å². The largest absolute Gasteiger partial charge is 0.496 e. The Hall–Kier alpha value is -2.65. The number of ether oxygens (including phenoxy) is 1. The number of thioether (sulfide) groups is 1. The molecule has 4 aromatic rings. The molecule has 1 aromatic carbocycles. The van der Waals surface area contributed by atoms with Gasteiger partial charge in [-0.15, -0.1) is 21.5 Å². The first-order valence-electron chi connectivity index (χ1n) is 9.70. The Bertz CT molecular complexity index is 1220. The third-order valence-corrected chi connectivity index (χ3v) is 7.28. The molecule has 1 unspecified atom stereocenters. The quantitative estimate of drug-likeness (QED) is 0.420. The highest BCUT2D eigenvalue weighted by atomic mass is 32.2. The summed E-state index contributed by atoms with van der Waals surface area (Å²) >= 11 is 3.23. The number of para-hydroxylation sites is 1. The van der Waals surface area contributed by atoms with Crippen molar-refractivity contribution in [3.8, 4) is 17.1 Å². The number of anilines is 1. The first-order chi connectivity index (χ1) is 14.4. The zero-order valence-corrected chi connectivity index (χ0v) is 19.3. The SMILES string of the molecule is CCn1c(SC(C)c2nc(N)c3c(C)c(C)sc3n2)nnc1-c1ccccc1OC. The summed E-state index contributed by atoms with van der Waals surface area (Å²) in [5.74, 6) is 2.80. The Kier molecular flexibility index (Phi) is 5.66. The summed E-state index contributed by atoms with van der Waals surface area (Å²) in [5.41, 5.74) is 8.35. The van der Waals surface area contributed by atoms with Gasteiger partial charge < -0.3 is 15.0 Å². The van der Waals surface area contributed by atoms with Gasteiger partial charge in [0.15, 0.2) is 11.0 Å². The molecule has 0 spiro atoms. The number of rotatable bonds is 6. The van der Waals surface area contributed by atoms with Crippen LogP contribution in [0, 0.1) is 13.8 Å². The predicted molar refractivity (Wildman–Crippen MR) is 123 cm³/mol. The van der Waals surface area contributed by atoms with Gasteiger partial charge in [0.1, 0.15) is 22.2 Å². The minimum absolute atomic E-state index is 0.0283. The molecule has 30 heavy (non-hydrogen) atoms.